The fraction of sp³-hybridized carbons (Fsp3) is 1.00. The zero-order valence-corrected chi connectivity index (χ0v) is 9.51. The van der Waals surface area contributed by atoms with Crippen molar-refractivity contribution in [2.45, 2.75) is 12.3 Å². The maximum atomic E-state index is 5.83. The molecule has 0 radical (unpaired) electrons. The highest BCUT2D eigenvalue weighted by molar-refractivity contribution is 6.20. The van der Waals surface area contributed by atoms with E-state index < -0.39 is 0 Å². The predicted octanol–water partition coefficient (Wildman–Crippen LogP) is 1.21. The van der Waals surface area contributed by atoms with Crippen LogP contribution in [0, 0.1) is 0 Å². The number of rotatable bonds is 8. The summed E-state index contributed by atoms with van der Waals surface area (Å²) in [5.74, 6) is 0. The van der Waals surface area contributed by atoms with Crippen LogP contribution < -0.4 is 0 Å². The van der Waals surface area contributed by atoms with Crippen LogP contribution in [0.2, 0.25) is 0 Å². The van der Waals surface area contributed by atoms with Gasteiger partial charge in [0.2, 0.25) is 0 Å². The van der Waals surface area contributed by atoms with Gasteiger partial charge in [0, 0.05) is 25.6 Å². The summed E-state index contributed by atoms with van der Waals surface area (Å²) in [6.45, 7) is 5.87. The summed E-state index contributed by atoms with van der Waals surface area (Å²) >= 11 is 5.83. The Morgan fingerprint density at radius 3 is 2.54 bits per heavy atom. The van der Waals surface area contributed by atoms with Crippen LogP contribution >= 0.6 is 11.6 Å². The summed E-state index contributed by atoms with van der Waals surface area (Å²) in [4.78, 5) is 2.16. The molecule has 13 heavy (non-hydrogen) atoms. The quantitative estimate of drug-likeness (QED) is 0.443. The molecule has 0 aliphatic rings. The number of alkyl halides is 1. The van der Waals surface area contributed by atoms with E-state index in [-0.39, 0.29) is 5.38 Å². The predicted molar refractivity (Wildman–Crippen MR) is 55.5 cm³/mol. The fourth-order valence-corrected chi connectivity index (χ4v) is 1.22. The molecule has 80 valence electrons. The van der Waals surface area contributed by atoms with Crippen molar-refractivity contribution in [2.24, 2.45) is 0 Å². The van der Waals surface area contributed by atoms with Gasteiger partial charge in [-0.1, -0.05) is 0 Å². The van der Waals surface area contributed by atoms with E-state index in [1.165, 1.54) is 0 Å². The first-order valence-electron chi connectivity index (χ1n) is 4.56. The Morgan fingerprint density at radius 1 is 1.31 bits per heavy atom. The van der Waals surface area contributed by atoms with Gasteiger partial charge < -0.3 is 14.4 Å². The van der Waals surface area contributed by atoms with Gasteiger partial charge in [0.1, 0.15) is 0 Å². The van der Waals surface area contributed by atoms with Crippen molar-refractivity contribution in [2.75, 3.05) is 47.1 Å². The smallest absolute Gasteiger partial charge is 0.0700 e. The lowest BCUT2D eigenvalue weighted by Gasteiger charge is -2.17. The number of halogens is 1. The van der Waals surface area contributed by atoms with Crippen molar-refractivity contribution in [1.82, 2.24) is 4.90 Å². The summed E-state index contributed by atoms with van der Waals surface area (Å²) in [6, 6.07) is 0. The molecule has 0 amide bonds. The molecule has 0 spiro atoms. The van der Waals surface area contributed by atoms with Gasteiger partial charge in [-0.25, -0.2) is 0 Å². The fourth-order valence-electron chi connectivity index (χ4n) is 0.985. The molecule has 0 saturated carbocycles. The van der Waals surface area contributed by atoms with E-state index >= 15 is 0 Å². The number of methoxy groups -OCH3 is 1. The Labute approximate surface area is 85.9 Å². The second kappa shape index (κ2) is 8.75. The molecular formula is C9H20ClNO2. The molecule has 0 rings (SSSR count). The molecule has 1 atom stereocenters. The molecule has 4 heteroatoms. The van der Waals surface area contributed by atoms with E-state index in [0.717, 1.165) is 19.7 Å². The molecule has 0 N–H and O–H groups in total. The van der Waals surface area contributed by atoms with Crippen LogP contribution in [-0.2, 0) is 9.47 Å². The van der Waals surface area contributed by atoms with Crippen LogP contribution in [0.3, 0.4) is 0 Å². The lowest BCUT2D eigenvalue weighted by Crippen LogP contribution is -2.28. The average molecular weight is 210 g/mol. The standard InChI is InChI=1S/C9H20ClNO2/c1-9(10)8-11(2)4-5-13-7-6-12-3/h9H,4-8H2,1-3H3. The zero-order chi connectivity index (χ0) is 10.1. The van der Waals surface area contributed by atoms with E-state index in [4.69, 9.17) is 21.1 Å². The maximum absolute atomic E-state index is 5.83. The number of likely N-dealkylation sites (N-methyl/N-ethyl adjacent to an activating group) is 1. The zero-order valence-electron chi connectivity index (χ0n) is 8.75. The number of nitrogens with zero attached hydrogens (tertiary/aromatic N) is 1. The van der Waals surface area contributed by atoms with Gasteiger partial charge in [0.05, 0.1) is 19.8 Å². The Kier molecular flexibility index (Phi) is 8.87. The van der Waals surface area contributed by atoms with Crippen molar-refractivity contribution < 1.29 is 9.47 Å². The van der Waals surface area contributed by atoms with Gasteiger partial charge in [-0.15, -0.1) is 11.6 Å². The largest absolute Gasteiger partial charge is 0.382 e. The van der Waals surface area contributed by atoms with Gasteiger partial charge in [-0.2, -0.15) is 0 Å². The summed E-state index contributed by atoms with van der Waals surface area (Å²) in [5, 5.41) is 0.198. The minimum Gasteiger partial charge on any atom is -0.382 e. The van der Waals surface area contributed by atoms with Gasteiger partial charge in [0.25, 0.3) is 0 Å². The summed E-state index contributed by atoms with van der Waals surface area (Å²) in [5.41, 5.74) is 0. The molecule has 0 aromatic carbocycles. The van der Waals surface area contributed by atoms with Crippen LogP contribution in [0.5, 0.6) is 0 Å². The molecule has 0 aromatic heterocycles. The first-order valence-corrected chi connectivity index (χ1v) is 4.99. The highest BCUT2D eigenvalue weighted by Crippen LogP contribution is 1.95. The van der Waals surface area contributed by atoms with E-state index in [1.807, 2.05) is 14.0 Å². The average Bonchev–Trinajstić information content (AvgIpc) is 2.02. The molecular weight excluding hydrogens is 190 g/mol. The molecule has 0 aliphatic heterocycles. The second-order valence-corrected chi connectivity index (χ2v) is 3.89. The van der Waals surface area contributed by atoms with Crippen LogP contribution in [-0.4, -0.2) is 57.3 Å². The van der Waals surface area contributed by atoms with Gasteiger partial charge in [-0.05, 0) is 14.0 Å². The molecule has 0 fully saturated rings. The van der Waals surface area contributed by atoms with Gasteiger partial charge in [-0.3, -0.25) is 0 Å². The minimum absolute atomic E-state index is 0.198. The van der Waals surface area contributed by atoms with Gasteiger partial charge >= 0.3 is 0 Å². The van der Waals surface area contributed by atoms with Crippen LogP contribution in [0.1, 0.15) is 6.92 Å². The van der Waals surface area contributed by atoms with Crippen molar-refractivity contribution in [3.63, 3.8) is 0 Å². The third-order valence-electron chi connectivity index (χ3n) is 1.61. The van der Waals surface area contributed by atoms with E-state index in [0.29, 0.717) is 13.2 Å². The SMILES string of the molecule is COCCOCCN(C)CC(C)Cl. The summed E-state index contributed by atoms with van der Waals surface area (Å²) in [7, 11) is 3.71. The second-order valence-electron chi connectivity index (χ2n) is 3.15. The lowest BCUT2D eigenvalue weighted by atomic mass is 10.4. The first-order chi connectivity index (χ1) is 6.16. The molecule has 0 aliphatic carbocycles. The Bertz CT molecular complexity index is 112. The highest BCUT2D eigenvalue weighted by Gasteiger charge is 2.01. The normalized spacial score (nSPS) is 13.6. The monoisotopic (exact) mass is 209 g/mol. The molecule has 0 heterocycles. The molecule has 0 saturated heterocycles. The summed E-state index contributed by atoms with van der Waals surface area (Å²) < 4.78 is 10.2. The Hall–Kier alpha value is 0.170. The van der Waals surface area contributed by atoms with E-state index in [2.05, 4.69) is 4.90 Å². The van der Waals surface area contributed by atoms with Crippen molar-refractivity contribution >= 4 is 11.6 Å². The molecule has 3 nitrogen and oxygen atoms in total. The minimum atomic E-state index is 0.198. The Balaban J connectivity index is 3.12. The van der Waals surface area contributed by atoms with Crippen molar-refractivity contribution in [3.8, 4) is 0 Å². The van der Waals surface area contributed by atoms with E-state index in [9.17, 15) is 0 Å². The maximum Gasteiger partial charge on any atom is 0.0700 e. The lowest BCUT2D eigenvalue weighted by molar-refractivity contribution is 0.0607. The summed E-state index contributed by atoms with van der Waals surface area (Å²) in [6.07, 6.45) is 0. The number of hydrogen-bond acceptors (Lipinski definition) is 3. The van der Waals surface area contributed by atoms with Crippen molar-refractivity contribution in [1.29, 1.82) is 0 Å². The third kappa shape index (κ3) is 10.1. The van der Waals surface area contributed by atoms with E-state index in [1.54, 1.807) is 7.11 Å². The highest BCUT2D eigenvalue weighted by atomic mass is 35.5. The Morgan fingerprint density at radius 2 is 2.00 bits per heavy atom. The van der Waals surface area contributed by atoms with Crippen LogP contribution in [0.25, 0.3) is 0 Å². The first kappa shape index (κ1) is 13.2. The topological polar surface area (TPSA) is 21.7 Å². The molecule has 0 aromatic rings. The van der Waals surface area contributed by atoms with Gasteiger partial charge in [0.15, 0.2) is 0 Å². The van der Waals surface area contributed by atoms with Crippen molar-refractivity contribution in [3.05, 3.63) is 0 Å². The number of hydrogen-bond donors (Lipinski definition) is 0. The van der Waals surface area contributed by atoms with Crippen LogP contribution in [0.4, 0.5) is 0 Å². The molecule has 0 bridgehead atoms. The van der Waals surface area contributed by atoms with Crippen LogP contribution in [0.15, 0.2) is 0 Å². The third-order valence-corrected chi connectivity index (χ3v) is 1.75. The number of ether oxygens (including phenoxy) is 2. The molecule has 1 unspecified atom stereocenters.